The first kappa shape index (κ1) is 17.5. The van der Waals surface area contributed by atoms with E-state index in [4.69, 9.17) is 0 Å². The van der Waals surface area contributed by atoms with E-state index in [0.717, 1.165) is 73.5 Å². The Kier molecular flexibility index (Phi) is 5.75. The molecule has 0 amide bonds. The maximum absolute atomic E-state index is 11.3. The van der Waals surface area contributed by atoms with Crippen LogP contribution in [0, 0.1) is 6.92 Å². The van der Waals surface area contributed by atoms with E-state index in [-0.39, 0.29) is 0 Å². The predicted octanol–water partition coefficient (Wildman–Crippen LogP) is 4.65. The van der Waals surface area contributed by atoms with E-state index in [0.29, 0.717) is 5.69 Å². The third-order valence-electron chi connectivity index (χ3n) is 4.92. The zero-order valence-electron chi connectivity index (χ0n) is 14.7. The van der Waals surface area contributed by atoms with Gasteiger partial charge in [-0.2, -0.15) is 0 Å². The Morgan fingerprint density at radius 2 is 1.74 bits per heavy atom. The van der Waals surface area contributed by atoms with Crippen molar-refractivity contribution in [1.29, 1.82) is 0 Å². The number of hydrogen-bond acceptors (Lipinski definition) is 2. The molecule has 0 bridgehead atoms. The number of allylic oxidation sites excluding steroid dienone is 4. The standard InChI is InChI=1S/C20H27NO2/c1-5-7-17-13(3)16(11-22)9-15(17)10-19-18(8-6-2)14(4)20(12-23)21-19/h11-12,21H,5-10H2,1-4H3. The van der Waals surface area contributed by atoms with Gasteiger partial charge < -0.3 is 4.98 Å². The average molecular weight is 313 g/mol. The minimum absolute atomic E-state index is 0.694. The molecule has 1 aliphatic rings. The zero-order valence-corrected chi connectivity index (χ0v) is 14.7. The van der Waals surface area contributed by atoms with Gasteiger partial charge in [0.15, 0.2) is 6.29 Å². The van der Waals surface area contributed by atoms with Crippen molar-refractivity contribution in [2.24, 2.45) is 0 Å². The third kappa shape index (κ3) is 3.39. The fourth-order valence-corrected chi connectivity index (χ4v) is 3.63. The van der Waals surface area contributed by atoms with Gasteiger partial charge in [-0.15, -0.1) is 0 Å². The van der Waals surface area contributed by atoms with Crippen LogP contribution in [-0.2, 0) is 17.6 Å². The molecular formula is C20H27NO2. The summed E-state index contributed by atoms with van der Waals surface area (Å²) in [4.78, 5) is 25.9. The van der Waals surface area contributed by atoms with Crippen LogP contribution in [0.25, 0.3) is 0 Å². The van der Waals surface area contributed by atoms with Crippen LogP contribution in [-0.4, -0.2) is 17.6 Å². The highest BCUT2D eigenvalue weighted by molar-refractivity contribution is 5.80. The molecule has 0 saturated heterocycles. The topological polar surface area (TPSA) is 49.9 Å². The van der Waals surface area contributed by atoms with Gasteiger partial charge in [-0.1, -0.05) is 32.3 Å². The summed E-state index contributed by atoms with van der Waals surface area (Å²) in [5.74, 6) is 0. The summed E-state index contributed by atoms with van der Waals surface area (Å²) in [6.45, 7) is 8.41. The molecule has 0 spiro atoms. The molecule has 0 unspecified atom stereocenters. The molecule has 0 fully saturated rings. The summed E-state index contributed by atoms with van der Waals surface area (Å²) in [7, 11) is 0. The fourth-order valence-electron chi connectivity index (χ4n) is 3.63. The number of carbonyl (C=O) groups is 2. The highest BCUT2D eigenvalue weighted by atomic mass is 16.1. The second kappa shape index (κ2) is 7.58. The van der Waals surface area contributed by atoms with Crippen molar-refractivity contribution < 1.29 is 9.59 Å². The van der Waals surface area contributed by atoms with Gasteiger partial charge in [0.25, 0.3) is 0 Å². The molecule has 124 valence electrons. The Morgan fingerprint density at radius 3 is 2.30 bits per heavy atom. The van der Waals surface area contributed by atoms with Crippen LogP contribution in [0.5, 0.6) is 0 Å². The number of rotatable bonds is 8. The highest BCUT2D eigenvalue weighted by Crippen LogP contribution is 2.36. The molecule has 1 heterocycles. The number of carbonyl (C=O) groups excluding carboxylic acids is 2. The normalized spacial score (nSPS) is 14.8. The van der Waals surface area contributed by atoms with Gasteiger partial charge in [0.05, 0.1) is 5.69 Å². The van der Waals surface area contributed by atoms with Crippen molar-refractivity contribution in [3.05, 3.63) is 44.8 Å². The fraction of sp³-hybridized carbons (Fsp3) is 0.500. The zero-order chi connectivity index (χ0) is 17.0. The van der Waals surface area contributed by atoms with Gasteiger partial charge in [0.2, 0.25) is 0 Å². The Morgan fingerprint density at radius 1 is 1.04 bits per heavy atom. The summed E-state index contributed by atoms with van der Waals surface area (Å²) in [5, 5.41) is 0. The van der Waals surface area contributed by atoms with Crippen LogP contribution >= 0.6 is 0 Å². The highest BCUT2D eigenvalue weighted by Gasteiger charge is 2.23. The largest absolute Gasteiger partial charge is 0.356 e. The SMILES string of the molecule is CCCC1=C(Cc2[nH]c(C=O)c(C)c2CCC)CC(C=O)=C1C. The van der Waals surface area contributed by atoms with Crippen molar-refractivity contribution in [3.63, 3.8) is 0 Å². The third-order valence-corrected chi connectivity index (χ3v) is 4.92. The molecule has 0 saturated carbocycles. The minimum atomic E-state index is 0.694. The molecule has 0 atom stereocenters. The number of aldehydes is 2. The molecule has 0 radical (unpaired) electrons. The molecule has 1 aliphatic carbocycles. The second-order valence-corrected chi connectivity index (χ2v) is 6.44. The summed E-state index contributed by atoms with van der Waals surface area (Å²) >= 11 is 0. The molecular weight excluding hydrogens is 286 g/mol. The minimum Gasteiger partial charge on any atom is -0.356 e. The molecule has 0 aromatic carbocycles. The molecule has 1 aromatic heterocycles. The molecule has 2 rings (SSSR count). The smallest absolute Gasteiger partial charge is 0.166 e. The van der Waals surface area contributed by atoms with E-state index < -0.39 is 0 Å². The van der Waals surface area contributed by atoms with Crippen molar-refractivity contribution >= 4 is 12.6 Å². The van der Waals surface area contributed by atoms with Gasteiger partial charge in [0, 0.05) is 12.1 Å². The lowest BCUT2D eigenvalue weighted by Crippen LogP contribution is -1.98. The van der Waals surface area contributed by atoms with Crippen LogP contribution < -0.4 is 0 Å². The number of aromatic nitrogens is 1. The van der Waals surface area contributed by atoms with E-state index >= 15 is 0 Å². The maximum atomic E-state index is 11.3. The first-order valence-electron chi connectivity index (χ1n) is 8.58. The molecule has 3 nitrogen and oxygen atoms in total. The average Bonchev–Trinajstić information content (AvgIpc) is 3.00. The van der Waals surface area contributed by atoms with Crippen LogP contribution in [0.15, 0.2) is 22.3 Å². The summed E-state index contributed by atoms with van der Waals surface area (Å²) in [5.41, 5.74) is 8.95. The van der Waals surface area contributed by atoms with Gasteiger partial charge in [-0.05, 0) is 61.0 Å². The molecule has 0 aliphatic heterocycles. The number of aromatic amines is 1. The Labute approximate surface area is 138 Å². The van der Waals surface area contributed by atoms with Crippen molar-refractivity contribution in [2.45, 2.75) is 66.2 Å². The van der Waals surface area contributed by atoms with E-state index in [2.05, 4.69) is 25.8 Å². The van der Waals surface area contributed by atoms with E-state index in [1.54, 1.807) is 0 Å². The van der Waals surface area contributed by atoms with Crippen molar-refractivity contribution in [2.75, 3.05) is 0 Å². The Balaban J connectivity index is 2.38. The van der Waals surface area contributed by atoms with Crippen LogP contribution in [0.3, 0.4) is 0 Å². The Hall–Kier alpha value is -1.90. The number of nitrogens with one attached hydrogen (secondary N) is 1. The van der Waals surface area contributed by atoms with Gasteiger partial charge in [-0.3, -0.25) is 9.59 Å². The predicted molar refractivity (Wildman–Crippen MR) is 93.9 cm³/mol. The maximum Gasteiger partial charge on any atom is 0.166 e. The summed E-state index contributed by atoms with van der Waals surface area (Å²) in [6, 6.07) is 0. The summed E-state index contributed by atoms with van der Waals surface area (Å²) < 4.78 is 0. The monoisotopic (exact) mass is 313 g/mol. The van der Waals surface area contributed by atoms with Crippen molar-refractivity contribution in [1.82, 2.24) is 4.98 Å². The first-order chi connectivity index (χ1) is 11.1. The molecule has 1 N–H and O–H groups in total. The van der Waals surface area contributed by atoms with Crippen LogP contribution in [0.2, 0.25) is 0 Å². The quantitative estimate of drug-likeness (QED) is 0.710. The second-order valence-electron chi connectivity index (χ2n) is 6.44. The summed E-state index contributed by atoms with van der Waals surface area (Å²) in [6.07, 6.45) is 7.61. The lowest BCUT2D eigenvalue weighted by molar-refractivity contribution is -0.105. The van der Waals surface area contributed by atoms with Crippen molar-refractivity contribution in [3.8, 4) is 0 Å². The lowest BCUT2D eigenvalue weighted by Gasteiger charge is -2.10. The van der Waals surface area contributed by atoms with Crippen LogP contribution in [0.1, 0.15) is 73.8 Å². The Bertz CT molecular complexity index is 674. The van der Waals surface area contributed by atoms with E-state index in [1.165, 1.54) is 16.7 Å². The number of H-pyrrole nitrogens is 1. The van der Waals surface area contributed by atoms with Gasteiger partial charge in [-0.25, -0.2) is 0 Å². The first-order valence-corrected chi connectivity index (χ1v) is 8.58. The lowest BCUT2D eigenvalue weighted by atomic mass is 9.96. The van der Waals surface area contributed by atoms with E-state index in [1.807, 2.05) is 6.92 Å². The molecule has 3 heteroatoms. The molecule has 1 aromatic rings. The van der Waals surface area contributed by atoms with Gasteiger partial charge in [0.1, 0.15) is 6.29 Å². The van der Waals surface area contributed by atoms with E-state index in [9.17, 15) is 9.59 Å². The molecule has 23 heavy (non-hydrogen) atoms. The van der Waals surface area contributed by atoms with Gasteiger partial charge >= 0.3 is 0 Å². The number of hydrogen-bond donors (Lipinski definition) is 1. The van der Waals surface area contributed by atoms with Crippen LogP contribution in [0.4, 0.5) is 0 Å².